The van der Waals surface area contributed by atoms with Crippen molar-refractivity contribution >= 4 is 61.7 Å². The third-order valence-electron chi connectivity index (χ3n) is 3.75. The molecule has 150 valence electrons. The molecule has 2 amide bonds. The molecule has 0 bridgehead atoms. The van der Waals surface area contributed by atoms with Crippen molar-refractivity contribution in [3.63, 3.8) is 0 Å². The fourth-order valence-corrected chi connectivity index (χ4v) is 4.35. The lowest BCUT2D eigenvalue weighted by atomic mass is 10.2. The number of hydrogen-bond donors (Lipinski definition) is 2. The van der Waals surface area contributed by atoms with Crippen molar-refractivity contribution < 1.29 is 14.3 Å². The Morgan fingerprint density at radius 3 is 2.62 bits per heavy atom. The molecule has 3 aromatic rings. The third-order valence-corrected chi connectivity index (χ3v) is 6.21. The molecule has 0 aliphatic rings. The Kier molecular flexibility index (Phi) is 7.68. The summed E-state index contributed by atoms with van der Waals surface area (Å²) in [7, 11) is 1.60. The van der Waals surface area contributed by atoms with Gasteiger partial charge in [0.25, 0.3) is 5.91 Å². The minimum atomic E-state index is -0.218. The van der Waals surface area contributed by atoms with Gasteiger partial charge in [-0.05, 0) is 52.3 Å². The Bertz CT molecular complexity index is 993. The number of carbonyl (C=O) groups is 2. The molecule has 3 rings (SSSR count). The van der Waals surface area contributed by atoms with Crippen molar-refractivity contribution in [1.82, 2.24) is 4.98 Å². The predicted octanol–water partition coefficient (Wildman–Crippen LogP) is 5.04. The normalized spacial score (nSPS) is 10.4. The zero-order chi connectivity index (χ0) is 20.6. The third kappa shape index (κ3) is 6.31. The van der Waals surface area contributed by atoms with Crippen LogP contribution in [0.1, 0.15) is 16.1 Å². The lowest BCUT2D eigenvalue weighted by Crippen LogP contribution is -2.14. The van der Waals surface area contributed by atoms with Gasteiger partial charge in [-0.1, -0.05) is 12.1 Å². The van der Waals surface area contributed by atoms with Crippen molar-refractivity contribution in [2.45, 2.75) is 5.75 Å². The average Bonchev–Trinajstić information content (AvgIpc) is 3.16. The van der Waals surface area contributed by atoms with Gasteiger partial charge < -0.3 is 10.1 Å². The van der Waals surface area contributed by atoms with E-state index in [1.807, 2.05) is 17.5 Å². The molecular formula is C20H18BrN3O3S2. The fraction of sp³-hybridized carbons (Fsp3) is 0.150. The number of benzene rings is 2. The van der Waals surface area contributed by atoms with Gasteiger partial charge in [-0.15, -0.1) is 23.1 Å². The first-order chi connectivity index (χ1) is 14.0. The van der Waals surface area contributed by atoms with Crippen molar-refractivity contribution in [3.05, 3.63) is 69.6 Å². The molecule has 0 saturated carbocycles. The zero-order valence-corrected chi connectivity index (χ0v) is 18.7. The number of carbonyl (C=O) groups excluding carboxylic acids is 2. The summed E-state index contributed by atoms with van der Waals surface area (Å²) >= 11 is 6.19. The molecule has 0 spiro atoms. The molecule has 0 aliphatic carbocycles. The molecule has 9 heteroatoms. The highest BCUT2D eigenvalue weighted by Crippen LogP contribution is 2.22. The maximum atomic E-state index is 12.3. The summed E-state index contributed by atoms with van der Waals surface area (Å²) in [5, 5.41) is 8.05. The summed E-state index contributed by atoms with van der Waals surface area (Å²) in [5.41, 5.74) is 2.09. The minimum absolute atomic E-state index is 0.0853. The van der Waals surface area contributed by atoms with Crippen molar-refractivity contribution in [2.75, 3.05) is 23.5 Å². The molecule has 0 unspecified atom stereocenters. The molecule has 0 atom stereocenters. The van der Waals surface area contributed by atoms with Crippen molar-refractivity contribution in [1.29, 1.82) is 0 Å². The molecule has 2 N–H and O–H groups in total. The van der Waals surface area contributed by atoms with Gasteiger partial charge in [0, 0.05) is 21.3 Å². The van der Waals surface area contributed by atoms with Crippen LogP contribution >= 0.6 is 39.0 Å². The first-order valence-corrected chi connectivity index (χ1v) is 11.4. The monoisotopic (exact) mass is 491 g/mol. The first kappa shape index (κ1) is 21.4. The van der Waals surface area contributed by atoms with E-state index in [0.29, 0.717) is 22.2 Å². The highest BCUT2D eigenvalue weighted by atomic mass is 79.9. The van der Waals surface area contributed by atoms with E-state index in [-0.39, 0.29) is 11.8 Å². The summed E-state index contributed by atoms with van der Waals surface area (Å²) in [6, 6.07) is 14.4. The Hall–Kier alpha value is -2.36. The second-order valence-electron chi connectivity index (χ2n) is 5.85. The quantitative estimate of drug-likeness (QED) is 0.461. The largest absolute Gasteiger partial charge is 0.497 e. The van der Waals surface area contributed by atoms with E-state index in [4.69, 9.17) is 4.74 Å². The summed E-state index contributed by atoms with van der Waals surface area (Å²) in [6.45, 7) is 0. The number of nitrogens with zero attached hydrogens (tertiary/aromatic N) is 1. The number of hydrogen-bond acceptors (Lipinski definition) is 6. The van der Waals surface area contributed by atoms with E-state index >= 15 is 0 Å². The van der Waals surface area contributed by atoms with Crippen LogP contribution in [-0.2, 0) is 10.5 Å². The van der Waals surface area contributed by atoms with Crippen LogP contribution < -0.4 is 15.4 Å². The second-order valence-corrected chi connectivity index (χ2v) is 8.55. The Labute approximate surface area is 185 Å². The zero-order valence-electron chi connectivity index (χ0n) is 15.5. The van der Waals surface area contributed by atoms with Crippen LogP contribution in [0, 0.1) is 0 Å². The lowest BCUT2D eigenvalue weighted by Gasteiger charge is -2.06. The summed E-state index contributed by atoms with van der Waals surface area (Å²) in [5.74, 6) is 1.32. The number of halogens is 1. The molecular weight excluding hydrogens is 474 g/mol. The molecule has 1 heterocycles. The lowest BCUT2D eigenvalue weighted by molar-refractivity contribution is -0.113. The smallest absolute Gasteiger partial charge is 0.258 e. The van der Waals surface area contributed by atoms with Gasteiger partial charge >= 0.3 is 0 Å². The van der Waals surface area contributed by atoms with E-state index in [1.165, 1.54) is 23.1 Å². The van der Waals surface area contributed by atoms with E-state index in [0.717, 1.165) is 21.6 Å². The minimum Gasteiger partial charge on any atom is -0.497 e. The number of methoxy groups -OCH3 is 1. The van der Waals surface area contributed by atoms with Crippen molar-refractivity contribution in [2.24, 2.45) is 0 Å². The van der Waals surface area contributed by atoms with Crippen LogP contribution in [0.2, 0.25) is 0 Å². The fourth-order valence-electron chi connectivity index (χ4n) is 2.36. The summed E-state index contributed by atoms with van der Waals surface area (Å²) in [4.78, 5) is 28.8. The number of thiazole rings is 1. The Morgan fingerprint density at radius 1 is 1.14 bits per heavy atom. The Balaban J connectivity index is 1.44. The van der Waals surface area contributed by atoms with Crippen LogP contribution in [-0.4, -0.2) is 29.7 Å². The number of ether oxygens (including phenoxy) is 1. The predicted molar refractivity (Wildman–Crippen MR) is 122 cm³/mol. The molecule has 0 radical (unpaired) electrons. The van der Waals surface area contributed by atoms with Gasteiger partial charge in [0.05, 0.1) is 24.1 Å². The molecule has 0 saturated heterocycles. The van der Waals surface area contributed by atoms with Gasteiger partial charge in [-0.3, -0.25) is 14.9 Å². The van der Waals surface area contributed by atoms with E-state index in [9.17, 15) is 9.59 Å². The number of anilines is 2. The maximum absolute atomic E-state index is 12.3. The summed E-state index contributed by atoms with van der Waals surface area (Å²) < 4.78 is 5.82. The van der Waals surface area contributed by atoms with E-state index in [2.05, 4.69) is 31.5 Å². The maximum Gasteiger partial charge on any atom is 0.258 e. The van der Waals surface area contributed by atoms with Gasteiger partial charge in [-0.2, -0.15) is 0 Å². The topological polar surface area (TPSA) is 80.3 Å². The van der Waals surface area contributed by atoms with Crippen molar-refractivity contribution in [3.8, 4) is 5.75 Å². The van der Waals surface area contributed by atoms with Gasteiger partial charge in [0.15, 0.2) is 5.13 Å². The first-order valence-electron chi connectivity index (χ1n) is 8.57. The van der Waals surface area contributed by atoms with Gasteiger partial charge in [-0.25, -0.2) is 4.98 Å². The number of thioether (sulfide) groups is 1. The highest BCUT2D eigenvalue weighted by molar-refractivity contribution is 9.10. The number of rotatable bonds is 8. The molecule has 29 heavy (non-hydrogen) atoms. The van der Waals surface area contributed by atoms with Gasteiger partial charge in [0.2, 0.25) is 5.91 Å². The SMILES string of the molecule is COc1ccc(NC(=O)CSCc2csc(NC(=O)c3ccccc3Br)n2)cc1. The molecule has 2 aromatic carbocycles. The Morgan fingerprint density at radius 2 is 1.90 bits per heavy atom. The van der Waals surface area contributed by atoms with Crippen LogP contribution in [0.25, 0.3) is 0 Å². The molecule has 1 aromatic heterocycles. The molecule has 6 nitrogen and oxygen atoms in total. The van der Waals surface area contributed by atoms with Crippen LogP contribution in [0.5, 0.6) is 5.75 Å². The number of aromatic nitrogens is 1. The summed E-state index contributed by atoms with van der Waals surface area (Å²) in [6.07, 6.45) is 0. The average molecular weight is 492 g/mol. The number of amides is 2. The standard InChI is InChI=1S/C20H18BrN3O3S2/c1-27-15-8-6-13(7-9-15)22-18(25)12-28-10-14-11-29-20(23-14)24-19(26)16-4-2-3-5-17(16)21/h2-9,11H,10,12H2,1H3,(H,22,25)(H,23,24,26). The van der Waals surface area contributed by atoms with Crippen LogP contribution in [0.4, 0.5) is 10.8 Å². The van der Waals surface area contributed by atoms with E-state index in [1.54, 1.807) is 43.5 Å². The van der Waals surface area contributed by atoms with Gasteiger partial charge in [0.1, 0.15) is 5.75 Å². The molecule has 0 fully saturated rings. The number of nitrogens with one attached hydrogen (secondary N) is 2. The van der Waals surface area contributed by atoms with Crippen LogP contribution in [0.3, 0.4) is 0 Å². The van der Waals surface area contributed by atoms with Crippen LogP contribution in [0.15, 0.2) is 58.4 Å². The van der Waals surface area contributed by atoms with E-state index < -0.39 is 0 Å². The molecule has 0 aliphatic heterocycles. The highest BCUT2D eigenvalue weighted by Gasteiger charge is 2.12. The second kappa shape index (κ2) is 10.4.